The summed E-state index contributed by atoms with van der Waals surface area (Å²) in [6, 6.07) is 30.1. The van der Waals surface area contributed by atoms with Gasteiger partial charge in [0.2, 0.25) is 0 Å². The number of rotatable bonds is 13. The Bertz CT molecular complexity index is 2470. The monoisotopic (exact) mass is 886 g/mol. The number of methoxy groups -OCH3 is 1. The molecule has 0 aliphatic heterocycles. The molecule has 0 saturated heterocycles. The van der Waals surface area contributed by atoms with E-state index in [-0.39, 0.29) is 39.5 Å². The molecule has 0 saturated carbocycles. The zero-order valence-corrected chi connectivity index (χ0v) is 35.2. The second-order valence-electron chi connectivity index (χ2n) is 12.9. The van der Waals surface area contributed by atoms with Gasteiger partial charge in [-0.05, 0) is 104 Å². The van der Waals surface area contributed by atoms with Crippen molar-refractivity contribution in [2.45, 2.75) is 13.0 Å². The average Bonchev–Trinajstić information content (AvgIpc) is 3.24. The van der Waals surface area contributed by atoms with E-state index in [0.717, 1.165) is 0 Å². The summed E-state index contributed by atoms with van der Waals surface area (Å²) in [5.74, 6) is -1.51. The summed E-state index contributed by atoms with van der Waals surface area (Å²) >= 11 is 25.0. The molecule has 2 heterocycles. The first-order valence-corrected chi connectivity index (χ1v) is 19.7. The second kappa shape index (κ2) is 21.9. The van der Waals surface area contributed by atoms with Gasteiger partial charge in [-0.25, -0.2) is 0 Å². The normalized spacial score (nSPS) is 11.1. The molecule has 16 heteroatoms. The summed E-state index contributed by atoms with van der Waals surface area (Å²) in [7, 11) is 1.55. The number of carbonyl (C=O) groups is 4. The van der Waals surface area contributed by atoms with Crippen LogP contribution in [0.25, 0.3) is 22.5 Å². The van der Waals surface area contributed by atoms with Crippen LogP contribution in [0.1, 0.15) is 48.4 Å². The van der Waals surface area contributed by atoms with Crippen LogP contribution in [-0.2, 0) is 4.74 Å². The number of nitrogens with zero attached hydrogens (tertiary/aromatic N) is 2. The maximum Gasteiger partial charge on any atom is 0.257 e. The van der Waals surface area contributed by atoms with Gasteiger partial charge in [0.05, 0.1) is 55.3 Å². The quantitative estimate of drug-likeness (QED) is 0.0715. The lowest BCUT2D eigenvalue weighted by Gasteiger charge is -2.11. The Hall–Kier alpha value is -5.86. The van der Waals surface area contributed by atoms with Crippen molar-refractivity contribution in [3.63, 3.8) is 0 Å². The second-order valence-corrected chi connectivity index (χ2v) is 14.6. The highest BCUT2D eigenvalue weighted by atomic mass is 35.5. The minimum absolute atomic E-state index is 0.119. The van der Waals surface area contributed by atoms with E-state index in [1.807, 2.05) is 30.3 Å². The number of carbonyl (C=O) groups excluding carboxylic acids is 4. The third kappa shape index (κ3) is 12.6. The van der Waals surface area contributed by atoms with E-state index in [4.69, 9.17) is 51.1 Å². The lowest BCUT2D eigenvalue weighted by Crippen LogP contribution is -2.30. The molecule has 0 bridgehead atoms. The van der Waals surface area contributed by atoms with E-state index in [1.165, 1.54) is 30.3 Å². The third-order valence-corrected chi connectivity index (χ3v) is 9.72. The largest absolute Gasteiger partial charge is 0.392 e. The first-order valence-electron chi connectivity index (χ1n) is 18.2. The highest BCUT2D eigenvalue weighted by Crippen LogP contribution is 2.31. The molecule has 2 aromatic heterocycles. The lowest BCUT2D eigenvalue weighted by molar-refractivity contribution is 0.0920. The maximum absolute atomic E-state index is 12.7. The van der Waals surface area contributed by atoms with E-state index in [0.29, 0.717) is 68.2 Å². The lowest BCUT2D eigenvalue weighted by atomic mass is 10.1. The summed E-state index contributed by atoms with van der Waals surface area (Å²) in [5, 5.41) is 21.5. The number of hydrogen-bond donors (Lipinski definition) is 5. The number of pyridine rings is 2. The fourth-order valence-electron chi connectivity index (χ4n) is 5.43. The molecule has 0 radical (unpaired) electrons. The van der Waals surface area contributed by atoms with Gasteiger partial charge in [0.15, 0.2) is 0 Å². The molecule has 12 nitrogen and oxygen atoms in total. The van der Waals surface area contributed by atoms with Crippen LogP contribution in [0.3, 0.4) is 0 Å². The number of amides is 4. The predicted molar refractivity (Wildman–Crippen MR) is 236 cm³/mol. The van der Waals surface area contributed by atoms with Crippen molar-refractivity contribution < 1.29 is 29.0 Å². The Morgan fingerprint density at radius 2 is 1.07 bits per heavy atom. The van der Waals surface area contributed by atoms with Crippen LogP contribution in [-0.4, -0.2) is 71.6 Å². The molecule has 4 amide bonds. The number of benzene rings is 4. The van der Waals surface area contributed by atoms with Crippen LogP contribution >= 0.6 is 46.4 Å². The molecule has 0 unspecified atom stereocenters. The van der Waals surface area contributed by atoms with Crippen LogP contribution in [0.15, 0.2) is 122 Å². The van der Waals surface area contributed by atoms with Crippen molar-refractivity contribution in [3.05, 3.63) is 164 Å². The first kappa shape index (κ1) is 45.2. The van der Waals surface area contributed by atoms with Gasteiger partial charge in [0.25, 0.3) is 23.6 Å². The van der Waals surface area contributed by atoms with E-state index in [1.54, 1.807) is 75.0 Å². The summed E-state index contributed by atoms with van der Waals surface area (Å²) in [6.07, 6.45) is 2.67. The van der Waals surface area contributed by atoms with E-state index < -0.39 is 17.9 Å². The van der Waals surface area contributed by atoms with E-state index in [2.05, 4.69) is 31.2 Å². The minimum atomic E-state index is -0.662. The molecule has 308 valence electrons. The number of aliphatic hydroxyl groups is 1. The predicted octanol–water partition coefficient (Wildman–Crippen LogP) is 9.10. The molecule has 5 N–H and O–H groups in total. The van der Waals surface area contributed by atoms with Gasteiger partial charge in [-0.15, -0.1) is 0 Å². The van der Waals surface area contributed by atoms with Crippen molar-refractivity contribution in [2.24, 2.45) is 0 Å². The fraction of sp³-hybridized carbons (Fsp3) is 0.136. The average molecular weight is 889 g/mol. The molecule has 6 aromatic rings. The molecule has 0 spiro atoms. The van der Waals surface area contributed by atoms with Crippen LogP contribution < -0.4 is 21.3 Å². The topological polar surface area (TPSA) is 172 Å². The number of aliphatic hydroxyl groups excluding tert-OH is 1. The SMILES string of the molecule is COCCNC(=O)c1ccc(C(=O)Nc2ccc(Cl)c(-c3ccccn3)c2)c(Cl)c1.C[C@H](O)CNC(=O)c1ccc(C(=O)Nc2ccc(Cl)c(-c3ccccn3)c2)c(Cl)c1. The van der Waals surface area contributed by atoms with Crippen molar-refractivity contribution in [3.8, 4) is 22.5 Å². The molecule has 1 atom stereocenters. The van der Waals surface area contributed by atoms with Crippen LogP contribution in [0.4, 0.5) is 11.4 Å². The number of halogens is 4. The van der Waals surface area contributed by atoms with Crippen LogP contribution in [0.5, 0.6) is 0 Å². The van der Waals surface area contributed by atoms with Crippen molar-refractivity contribution in [2.75, 3.05) is 37.4 Å². The molecule has 6 rings (SSSR count). The minimum Gasteiger partial charge on any atom is -0.392 e. The Morgan fingerprint density at radius 3 is 1.47 bits per heavy atom. The zero-order valence-electron chi connectivity index (χ0n) is 32.1. The fourth-order valence-corrected chi connectivity index (χ4v) is 6.39. The van der Waals surface area contributed by atoms with Gasteiger partial charge in [0, 0.05) is 66.2 Å². The molecule has 60 heavy (non-hydrogen) atoms. The Balaban J connectivity index is 0.000000228. The number of anilines is 2. The van der Waals surface area contributed by atoms with Gasteiger partial charge in [-0.2, -0.15) is 0 Å². The summed E-state index contributed by atoms with van der Waals surface area (Å²) in [6.45, 7) is 2.47. The smallest absolute Gasteiger partial charge is 0.257 e. The number of hydrogen-bond acceptors (Lipinski definition) is 8. The first-order chi connectivity index (χ1) is 28.8. The summed E-state index contributed by atoms with van der Waals surface area (Å²) in [5.41, 5.74) is 4.96. The van der Waals surface area contributed by atoms with Gasteiger partial charge in [-0.1, -0.05) is 58.5 Å². The molecule has 0 aliphatic rings. The molecule has 0 fully saturated rings. The van der Waals surface area contributed by atoms with Gasteiger partial charge < -0.3 is 31.1 Å². The van der Waals surface area contributed by atoms with Gasteiger partial charge >= 0.3 is 0 Å². The summed E-state index contributed by atoms with van der Waals surface area (Å²) < 4.78 is 4.90. The van der Waals surface area contributed by atoms with E-state index in [9.17, 15) is 24.3 Å². The van der Waals surface area contributed by atoms with Crippen molar-refractivity contribution in [1.29, 1.82) is 0 Å². The zero-order chi connectivity index (χ0) is 43.2. The van der Waals surface area contributed by atoms with Crippen LogP contribution in [0.2, 0.25) is 20.1 Å². The Kier molecular flexibility index (Phi) is 16.5. The van der Waals surface area contributed by atoms with Crippen LogP contribution in [0, 0.1) is 0 Å². The number of ether oxygens (including phenoxy) is 1. The Morgan fingerprint density at radius 1 is 0.600 bits per heavy atom. The number of aromatic nitrogens is 2. The standard InChI is InChI=1S/2C22H19Cl2N3O3/c1-13(28)12-26-21(29)14-5-7-16(19(24)10-14)22(30)27-15-6-8-18(23)17(11-15)20-4-2-3-9-25-20;1-30-11-10-26-21(28)14-5-7-16(19(24)12-14)22(29)27-15-6-8-18(23)17(13-15)20-4-2-3-9-25-20/h2-11,13,28H,12H2,1H3,(H,26,29)(H,27,30);2-9,12-13H,10-11H2,1H3,(H,26,28)(H,27,29)/t13-;/m0./s1. The van der Waals surface area contributed by atoms with Crippen molar-refractivity contribution >= 4 is 81.4 Å². The maximum atomic E-state index is 12.7. The Labute approximate surface area is 366 Å². The molecular formula is C44H38Cl4N6O6. The highest BCUT2D eigenvalue weighted by molar-refractivity contribution is 6.36. The number of nitrogens with one attached hydrogen (secondary N) is 4. The molecule has 4 aromatic carbocycles. The molecule has 0 aliphatic carbocycles. The summed E-state index contributed by atoms with van der Waals surface area (Å²) in [4.78, 5) is 58.1. The van der Waals surface area contributed by atoms with Gasteiger partial charge in [0.1, 0.15) is 0 Å². The third-order valence-electron chi connectivity index (χ3n) is 8.43. The van der Waals surface area contributed by atoms with E-state index >= 15 is 0 Å². The van der Waals surface area contributed by atoms with Crippen molar-refractivity contribution in [1.82, 2.24) is 20.6 Å². The van der Waals surface area contributed by atoms with Gasteiger partial charge in [-0.3, -0.25) is 29.1 Å². The molecular weight excluding hydrogens is 850 g/mol. The highest BCUT2D eigenvalue weighted by Gasteiger charge is 2.17.